The summed E-state index contributed by atoms with van der Waals surface area (Å²) in [6, 6.07) is 1.41. The first-order chi connectivity index (χ1) is 9.23. The lowest BCUT2D eigenvalue weighted by molar-refractivity contribution is -0.0552. The summed E-state index contributed by atoms with van der Waals surface area (Å²) >= 11 is 0. The molecule has 1 aromatic heterocycles. The van der Waals surface area contributed by atoms with E-state index in [9.17, 15) is 9.18 Å². The molecule has 0 N–H and O–H groups in total. The Hall–Kier alpha value is -1.53. The van der Waals surface area contributed by atoms with Gasteiger partial charge in [0.15, 0.2) is 5.82 Å². The number of carbonyl (C=O) groups is 1. The van der Waals surface area contributed by atoms with Crippen LogP contribution in [0.1, 0.15) is 16.8 Å². The fourth-order valence-electron chi connectivity index (χ4n) is 2.67. The van der Waals surface area contributed by atoms with Crippen molar-refractivity contribution >= 4 is 5.91 Å². The molecule has 2 aliphatic heterocycles. The van der Waals surface area contributed by atoms with Crippen LogP contribution in [0.25, 0.3) is 0 Å². The number of halogens is 1. The molecule has 0 aromatic carbocycles. The van der Waals surface area contributed by atoms with Gasteiger partial charge >= 0.3 is 0 Å². The third kappa shape index (κ3) is 2.11. The minimum Gasteiger partial charge on any atom is -0.379 e. The van der Waals surface area contributed by atoms with Gasteiger partial charge in [0, 0.05) is 19.3 Å². The molecule has 1 aromatic rings. The topological polar surface area (TPSA) is 51.7 Å². The normalized spacial score (nSPS) is 26.9. The number of hydrogen-bond donors (Lipinski definition) is 0. The molecule has 0 unspecified atom stereocenters. The summed E-state index contributed by atoms with van der Waals surface area (Å²) in [5.41, 5.74) is -0.381. The minimum absolute atomic E-state index is 0.0585. The van der Waals surface area contributed by atoms with E-state index < -0.39 is 11.4 Å². The number of rotatable bonds is 1. The molecule has 1 atom stereocenters. The van der Waals surface area contributed by atoms with Crippen LogP contribution in [-0.4, -0.2) is 54.3 Å². The molecule has 0 radical (unpaired) electrons. The van der Waals surface area contributed by atoms with Crippen LogP contribution >= 0.6 is 0 Å². The summed E-state index contributed by atoms with van der Waals surface area (Å²) in [4.78, 5) is 17.9. The van der Waals surface area contributed by atoms with Crippen LogP contribution in [0.2, 0.25) is 0 Å². The van der Waals surface area contributed by atoms with Gasteiger partial charge in [-0.1, -0.05) is 0 Å². The molecular formula is C13H15FN2O3. The maximum atomic E-state index is 13.7. The Bertz CT molecular complexity index is 489. The Morgan fingerprint density at radius 1 is 1.37 bits per heavy atom. The van der Waals surface area contributed by atoms with Crippen LogP contribution in [0, 0.1) is 5.82 Å². The van der Waals surface area contributed by atoms with E-state index in [4.69, 9.17) is 9.47 Å². The summed E-state index contributed by atoms with van der Waals surface area (Å²) < 4.78 is 24.6. The molecule has 0 bridgehead atoms. The van der Waals surface area contributed by atoms with E-state index in [1.165, 1.54) is 12.3 Å². The van der Waals surface area contributed by atoms with E-state index in [0.29, 0.717) is 33.0 Å². The van der Waals surface area contributed by atoms with Crippen molar-refractivity contribution in [3.05, 3.63) is 29.8 Å². The van der Waals surface area contributed by atoms with E-state index in [-0.39, 0.29) is 11.5 Å². The predicted molar refractivity (Wildman–Crippen MR) is 64.2 cm³/mol. The standard InChI is InChI=1S/C13H15FN2O3/c14-11-7-15-3-1-10(11)12(17)16-4-6-19-9-13(16)2-5-18-8-13/h1,3,7H,2,4-6,8-9H2/t13-/m0/s1. The first kappa shape index (κ1) is 12.5. The van der Waals surface area contributed by atoms with Gasteiger partial charge in [-0.2, -0.15) is 0 Å². The Labute approximate surface area is 110 Å². The predicted octanol–water partition coefficient (Wildman–Crippen LogP) is 0.852. The van der Waals surface area contributed by atoms with Gasteiger partial charge in [0.25, 0.3) is 5.91 Å². The highest BCUT2D eigenvalue weighted by atomic mass is 19.1. The van der Waals surface area contributed by atoms with Gasteiger partial charge in [-0.3, -0.25) is 9.78 Å². The second kappa shape index (κ2) is 4.86. The minimum atomic E-state index is -0.590. The molecule has 3 rings (SSSR count). The lowest BCUT2D eigenvalue weighted by Gasteiger charge is -2.43. The molecule has 0 aliphatic carbocycles. The monoisotopic (exact) mass is 266 g/mol. The second-order valence-corrected chi connectivity index (χ2v) is 4.89. The van der Waals surface area contributed by atoms with Gasteiger partial charge < -0.3 is 14.4 Å². The highest BCUT2D eigenvalue weighted by Gasteiger charge is 2.46. The molecule has 0 saturated carbocycles. The van der Waals surface area contributed by atoms with Crippen LogP contribution in [0.3, 0.4) is 0 Å². The molecule has 1 amide bonds. The molecule has 102 valence electrons. The van der Waals surface area contributed by atoms with Crippen LogP contribution < -0.4 is 0 Å². The number of amides is 1. The molecule has 19 heavy (non-hydrogen) atoms. The maximum absolute atomic E-state index is 13.7. The number of hydrogen-bond acceptors (Lipinski definition) is 4. The van der Waals surface area contributed by atoms with Crippen molar-refractivity contribution in [2.24, 2.45) is 0 Å². The van der Waals surface area contributed by atoms with E-state index in [1.807, 2.05) is 0 Å². The van der Waals surface area contributed by atoms with E-state index in [2.05, 4.69) is 4.98 Å². The molecular weight excluding hydrogens is 251 g/mol. The van der Waals surface area contributed by atoms with Crippen LogP contribution in [0.4, 0.5) is 4.39 Å². The zero-order valence-corrected chi connectivity index (χ0v) is 10.5. The summed E-state index contributed by atoms with van der Waals surface area (Å²) in [7, 11) is 0. The van der Waals surface area contributed by atoms with Gasteiger partial charge in [-0.15, -0.1) is 0 Å². The number of ether oxygens (including phenoxy) is 2. The fourth-order valence-corrected chi connectivity index (χ4v) is 2.67. The zero-order chi connectivity index (χ0) is 13.3. The molecule has 2 aliphatic rings. The molecule has 1 spiro atoms. The number of aromatic nitrogens is 1. The average Bonchev–Trinajstić information content (AvgIpc) is 2.88. The van der Waals surface area contributed by atoms with Crippen molar-refractivity contribution in [1.82, 2.24) is 9.88 Å². The van der Waals surface area contributed by atoms with Crippen molar-refractivity contribution in [1.29, 1.82) is 0 Å². The SMILES string of the molecule is O=C(c1ccncc1F)N1CCOC[C@@]12CCOC2. The quantitative estimate of drug-likeness (QED) is 0.756. The first-order valence-corrected chi connectivity index (χ1v) is 6.30. The molecule has 2 saturated heterocycles. The van der Waals surface area contributed by atoms with Crippen LogP contribution in [-0.2, 0) is 9.47 Å². The van der Waals surface area contributed by atoms with Crippen molar-refractivity contribution in [2.75, 3.05) is 33.0 Å². The summed E-state index contributed by atoms with van der Waals surface area (Å²) in [6.45, 7) is 2.44. The molecule has 2 fully saturated rings. The van der Waals surface area contributed by atoms with E-state index in [0.717, 1.165) is 12.6 Å². The molecule has 5 nitrogen and oxygen atoms in total. The largest absolute Gasteiger partial charge is 0.379 e. The zero-order valence-electron chi connectivity index (χ0n) is 10.5. The summed E-state index contributed by atoms with van der Waals surface area (Å²) in [6.07, 6.45) is 3.21. The van der Waals surface area contributed by atoms with Crippen LogP contribution in [0.5, 0.6) is 0 Å². The summed E-state index contributed by atoms with van der Waals surface area (Å²) in [5, 5.41) is 0. The highest BCUT2D eigenvalue weighted by Crippen LogP contribution is 2.30. The van der Waals surface area contributed by atoms with Crippen molar-refractivity contribution in [3.63, 3.8) is 0 Å². The van der Waals surface area contributed by atoms with Gasteiger partial charge in [0.05, 0.1) is 37.1 Å². The van der Waals surface area contributed by atoms with Crippen LogP contribution in [0.15, 0.2) is 18.5 Å². The molecule has 6 heteroatoms. The highest BCUT2D eigenvalue weighted by molar-refractivity contribution is 5.95. The van der Waals surface area contributed by atoms with Gasteiger partial charge in [0.2, 0.25) is 0 Å². The van der Waals surface area contributed by atoms with Crippen molar-refractivity contribution < 1.29 is 18.7 Å². The lowest BCUT2D eigenvalue weighted by Crippen LogP contribution is -2.59. The van der Waals surface area contributed by atoms with Gasteiger partial charge in [-0.25, -0.2) is 4.39 Å². The Kier molecular flexibility index (Phi) is 3.20. The summed E-state index contributed by atoms with van der Waals surface area (Å²) in [5.74, 6) is -0.901. The third-order valence-corrected chi connectivity index (χ3v) is 3.73. The number of morpholine rings is 1. The van der Waals surface area contributed by atoms with Gasteiger partial charge in [0.1, 0.15) is 0 Å². The third-order valence-electron chi connectivity index (χ3n) is 3.73. The fraction of sp³-hybridized carbons (Fsp3) is 0.538. The number of pyridine rings is 1. The maximum Gasteiger partial charge on any atom is 0.257 e. The van der Waals surface area contributed by atoms with E-state index in [1.54, 1.807) is 4.90 Å². The average molecular weight is 266 g/mol. The first-order valence-electron chi connectivity index (χ1n) is 6.30. The number of nitrogens with zero attached hydrogens (tertiary/aromatic N) is 2. The van der Waals surface area contributed by atoms with Crippen molar-refractivity contribution in [2.45, 2.75) is 12.0 Å². The smallest absolute Gasteiger partial charge is 0.257 e. The Morgan fingerprint density at radius 2 is 2.16 bits per heavy atom. The van der Waals surface area contributed by atoms with E-state index >= 15 is 0 Å². The van der Waals surface area contributed by atoms with Gasteiger partial charge in [-0.05, 0) is 12.5 Å². The second-order valence-electron chi connectivity index (χ2n) is 4.89. The Morgan fingerprint density at radius 3 is 2.89 bits per heavy atom. The lowest BCUT2D eigenvalue weighted by atomic mass is 9.95. The molecule has 3 heterocycles. The number of carbonyl (C=O) groups excluding carboxylic acids is 1. The Balaban J connectivity index is 1.91. The van der Waals surface area contributed by atoms with Crippen molar-refractivity contribution in [3.8, 4) is 0 Å².